The lowest BCUT2D eigenvalue weighted by Crippen LogP contribution is -2.27. The number of aromatic nitrogens is 2. The molecule has 0 unspecified atom stereocenters. The van der Waals surface area contributed by atoms with Gasteiger partial charge in [0.25, 0.3) is 0 Å². The van der Waals surface area contributed by atoms with Crippen LogP contribution >= 0.6 is 0 Å². The third kappa shape index (κ3) is 3.97. The number of hydrogen-bond donors (Lipinski definition) is 0. The fraction of sp³-hybridized carbons (Fsp3) is 0.364. The van der Waals surface area contributed by atoms with Gasteiger partial charge in [-0.15, -0.1) is 0 Å². The van der Waals surface area contributed by atoms with Gasteiger partial charge in [-0.25, -0.2) is 8.42 Å². The molecule has 8 heteroatoms. The number of hydrogen-bond acceptors (Lipinski definition) is 6. The predicted octanol–water partition coefficient (Wildman–Crippen LogP) is 3.75. The summed E-state index contributed by atoms with van der Waals surface area (Å²) in [7, 11) is -0.794. The van der Waals surface area contributed by atoms with Crippen molar-refractivity contribution in [3.8, 4) is 17.1 Å². The number of sulfonamides is 1. The number of rotatable bonds is 6. The minimum atomic E-state index is -3.79. The molecule has 0 saturated heterocycles. The molecule has 4 rings (SSSR count). The Morgan fingerprint density at radius 2 is 1.77 bits per heavy atom. The molecule has 0 radical (unpaired) electrons. The Bertz CT molecular complexity index is 1150. The van der Waals surface area contributed by atoms with Crippen molar-refractivity contribution in [1.29, 1.82) is 0 Å². The van der Waals surface area contributed by atoms with E-state index in [1.54, 1.807) is 6.07 Å². The van der Waals surface area contributed by atoms with E-state index in [1.165, 1.54) is 24.0 Å². The summed E-state index contributed by atoms with van der Waals surface area (Å²) in [5, 5.41) is 3.98. The van der Waals surface area contributed by atoms with Crippen LogP contribution in [0.1, 0.15) is 35.4 Å². The van der Waals surface area contributed by atoms with Gasteiger partial charge < -0.3 is 9.26 Å². The van der Waals surface area contributed by atoms with Crippen LogP contribution in [0, 0.1) is 6.92 Å². The highest BCUT2D eigenvalue weighted by atomic mass is 32.2. The Morgan fingerprint density at radius 3 is 2.43 bits per heavy atom. The van der Waals surface area contributed by atoms with E-state index in [0.29, 0.717) is 11.6 Å². The highest BCUT2D eigenvalue weighted by Gasteiger charge is 2.28. The second-order valence-electron chi connectivity index (χ2n) is 7.62. The maximum atomic E-state index is 13.3. The first-order valence-corrected chi connectivity index (χ1v) is 11.4. The molecule has 0 atom stereocenters. The van der Waals surface area contributed by atoms with Gasteiger partial charge in [0.15, 0.2) is 0 Å². The summed E-state index contributed by atoms with van der Waals surface area (Å²) in [6.07, 6.45) is 4.02. The average molecular weight is 428 g/mol. The largest absolute Gasteiger partial charge is 0.495 e. The van der Waals surface area contributed by atoms with Crippen molar-refractivity contribution in [3.05, 3.63) is 59.0 Å². The molecule has 1 aromatic heterocycles. The molecule has 2 aromatic carbocycles. The molecule has 1 aliphatic carbocycles. The summed E-state index contributed by atoms with van der Waals surface area (Å²) in [5.74, 6) is 1.03. The van der Waals surface area contributed by atoms with Gasteiger partial charge in [-0.05, 0) is 55.9 Å². The van der Waals surface area contributed by atoms with E-state index in [9.17, 15) is 8.42 Å². The highest BCUT2D eigenvalue weighted by Crippen LogP contribution is 2.33. The maximum absolute atomic E-state index is 13.3. The molecule has 1 aliphatic rings. The van der Waals surface area contributed by atoms with Gasteiger partial charge in [0, 0.05) is 12.6 Å². The van der Waals surface area contributed by atoms with Crippen molar-refractivity contribution in [1.82, 2.24) is 14.4 Å². The zero-order chi connectivity index (χ0) is 21.3. The van der Waals surface area contributed by atoms with E-state index in [4.69, 9.17) is 9.26 Å². The Morgan fingerprint density at radius 1 is 1.10 bits per heavy atom. The summed E-state index contributed by atoms with van der Waals surface area (Å²) in [6.45, 7) is 1.97. The molecule has 0 N–H and O–H groups in total. The van der Waals surface area contributed by atoms with Crippen LogP contribution in [0.25, 0.3) is 11.4 Å². The summed E-state index contributed by atoms with van der Waals surface area (Å²) >= 11 is 0. The fourth-order valence-electron chi connectivity index (χ4n) is 3.68. The second-order valence-corrected chi connectivity index (χ2v) is 9.63. The Hall–Kier alpha value is -2.71. The molecular formula is C22H25N3O4S. The molecule has 7 nitrogen and oxygen atoms in total. The SMILES string of the molecule is COc1cc2c(cc1S(=O)(=O)N(C)Cc1nc(-c3ccc(C)cc3)no1)CCCC2. The number of aryl methyl sites for hydroxylation is 3. The summed E-state index contributed by atoms with van der Waals surface area (Å²) in [6, 6.07) is 11.3. The molecule has 158 valence electrons. The molecule has 0 fully saturated rings. The van der Waals surface area contributed by atoms with Gasteiger partial charge in [0.2, 0.25) is 21.7 Å². The first kappa shape index (κ1) is 20.6. The lowest BCUT2D eigenvalue weighted by molar-refractivity contribution is 0.335. The molecule has 30 heavy (non-hydrogen) atoms. The van der Waals surface area contributed by atoms with Crippen molar-refractivity contribution in [3.63, 3.8) is 0 Å². The lowest BCUT2D eigenvalue weighted by atomic mass is 9.92. The van der Waals surface area contributed by atoms with Crippen LogP contribution in [0.4, 0.5) is 0 Å². The summed E-state index contributed by atoms with van der Waals surface area (Å²) in [4.78, 5) is 4.53. The predicted molar refractivity (Wildman–Crippen MR) is 113 cm³/mol. The van der Waals surface area contributed by atoms with Gasteiger partial charge in [-0.2, -0.15) is 9.29 Å². The third-order valence-electron chi connectivity index (χ3n) is 5.45. The molecule has 0 aliphatic heterocycles. The molecule has 3 aromatic rings. The Labute approximate surface area is 176 Å². The van der Waals surface area contributed by atoms with Crippen LogP contribution in [0.15, 0.2) is 45.8 Å². The van der Waals surface area contributed by atoms with Crippen molar-refractivity contribution in [2.45, 2.75) is 44.0 Å². The highest BCUT2D eigenvalue weighted by molar-refractivity contribution is 7.89. The van der Waals surface area contributed by atoms with Gasteiger partial charge in [-0.3, -0.25) is 0 Å². The lowest BCUT2D eigenvalue weighted by Gasteiger charge is -2.22. The van der Waals surface area contributed by atoms with Gasteiger partial charge in [-0.1, -0.05) is 35.0 Å². The van der Waals surface area contributed by atoms with Crippen molar-refractivity contribution < 1.29 is 17.7 Å². The molecular weight excluding hydrogens is 402 g/mol. The van der Waals surface area contributed by atoms with Crippen molar-refractivity contribution in [2.75, 3.05) is 14.2 Å². The van der Waals surface area contributed by atoms with E-state index in [-0.39, 0.29) is 17.3 Å². The average Bonchev–Trinajstić information content (AvgIpc) is 3.21. The zero-order valence-electron chi connectivity index (χ0n) is 17.4. The number of ether oxygens (including phenoxy) is 1. The fourth-order valence-corrected chi connectivity index (χ4v) is 4.99. The molecule has 0 amide bonds. The Kier molecular flexibility index (Phi) is 5.62. The smallest absolute Gasteiger partial charge is 0.246 e. The zero-order valence-corrected chi connectivity index (χ0v) is 18.2. The first-order valence-electron chi connectivity index (χ1n) is 9.94. The van der Waals surface area contributed by atoms with Gasteiger partial charge in [0.1, 0.15) is 10.6 Å². The number of fused-ring (bicyclic) bond motifs is 1. The van der Waals surface area contributed by atoms with Crippen LogP contribution in [0.2, 0.25) is 0 Å². The Balaban J connectivity index is 1.59. The summed E-state index contributed by atoms with van der Waals surface area (Å²) < 4.78 is 38.5. The topological polar surface area (TPSA) is 85.5 Å². The van der Waals surface area contributed by atoms with E-state index in [0.717, 1.165) is 42.4 Å². The van der Waals surface area contributed by atoms with Crippen molar-refractivity contribution in [2.24, 2.45) is 0 Å². The third-order valence-corrected chi connectivity index (χ3v) is 7.28. The number of methoxy groups -OCH3 is 1. The minimum absolute atomic E-state index is 0.0264. The maximum Gasteiger partial charge on any atom is 0.246 e. The molecule has 1 heterocycles. The standard InChI is InChI=1S/C22H25N3O4S/c1-15-8-10-16(11-9-15)22-23-21(29-24-22)14-25(2)30(26,27)20-13-18-7-5-4-6-17(18)12-19(20)28-3/h8-13H,4-7,14H2,1-3H3. The van der Waals surface area contributed by atoms with Crippen molar-refractivity contribution >= 4 is 10.0 Å². The number of benzene rings is 2. The normalized spacial score (nSPS) is 14.0. The van der Waals surface area contributed by atoms with E-state index in [2.05, 4.69) is 10.1 Å². The first-order chi connectivity index (χ1) is 14.4. The van der Waals surface area contributed by atoms with E-state index >= 15 is 0 Å². The second kappa shape index (κ2) is 8.20. The molecule has 0 saturated carbocycles. The van der Waals surface area contributed by atoms with E-state index < -0.39 is 10.0 Å². The molecule has 0 spiro atoms. The van der Waals surface area contributed by atoms with Crippen LogP contribution in [0.3, 0.4) is 0 Å². The monoisotopic (exact) mass is 427 g/mol. The van der Waals surface area contributed by atoms with Crippen LogP contribution in [-0.4, -0.2) is 37.0 Å². The van der Waals surface area contributed by atoms with E-state index in [1.807, 2.05) is 37.3 Å². The van der Waals surface area contributed by atoms with Crippen LogP contribution in [0.5, 0.6) is 5.75 Å². The van der Waals surface area contributed by atoms with Gasteiger partial charge in [0.05, 0.1) is 13.7 Å². The summed E-state index contributed by atoms with van der Waals surface area (Å²) in [5.41, 5.74) is 4.19. The minimum Gasteiger partial charge on any atom is -0.495 e. The number of nitrogens with zero attached hydrogens (tertiary/aromatic N) is 3. The van der Waals surface area contributed by atoms with Crippen LogP contribution < -0.4 is 4.74 Å². The van der Waals surface area contributed by atoms with Crippen LogP contribution in [-0.2, 0) is 29.4 Å². The van der Waals surface area contributed by atoms with Gasteiger partial charge >= 0.3 is 0 Å². The molecule has 0 bridgehead atoms. The quantitative estimate of drug-likeness (QED) is 0.596.